The first-order valence-corrected chi connectivity index (χ1v) is 7.90. The molecule has 0 aliphatic carbocycles. The molecule has 128 valence electrons. The number of rotatable bonds is 4. The van der Waals surface area contributed by atoms with Gasteiger partial charge >= 0.3 is 5.92 Å². The molecular weight excluding hydrogens is 316 g/mol. The van der Waals surface area contributed by atoms with Crippen LogP contribution < -0.4 is 0 Å². The molecule has 24 heavy (non-hydrogen) atoms. The number of piperidine rings is 1. The van der Waals surface area contributed by atoms with Crippen LogP contribution in [0, 0.1) is 12.8 Å². The summed E-state index contributed by atoms with van der Waals surface area (Å²) in [7, 11) is 0. The van der Waals surface area contributed by atoms with Crippen LogP contribution in [0.3, 0.4) is 0 Å². The Morgan fingerprint density at radius 3 is 3.00 bits per heavy atom. The van der Waals surface area contributed by atoms with Crippen molar-refractivity contribution in [2.24, 2.45) is 5.92 Å². The number of nitrogens with zero attached hydrogens (tertiary/aromatic N) is 5. The van der Waals surface area contributed by atoms with Crippen LogP contribution in [0.4, 0.5) is 8.78 Å². The van der Waals surface area contributed by atoms with E-state index < -0.39 is 17.5 Å². The SMILES string of the molecule is Cc1cccnc1C(F)(F)C(=O)N1CCCC(Cn2cncn2)C1. The first-order valence-electron chi connectivity index (χ1n) is 7.90. The normalized spacial score (nSPS) is 18.6. The lowest BCUT2D eigenvalue weighted by Crippen LogP contribution is -2.48. The van der Waals surface area contributed by atoms with Gasteiger partial charge in [-0.3, -0.25) is 14.5 Å². The first-order chi connectivity index (χ1) is 11.5. The van der Waals surface area contributed by atoms with Gasteiger partial charge in [-0.1, -0.05) is 6.07 Å². The van der Waals surface area contributed by atoms with Crippen molar-refractivity contribution in [2.75, 3.05) is 13.1 Å². The van der Waals surface area contributed by atoms with Crippen molar-refractivity contribution >= 4 is 5.91 Å². The quantitative estimate of drug-likeness (QED) is 0.857. The third kappa shape index (κ3) is 3.27. The summed E-state index contributed by atoms with van der Waals surface area (Å²) in [6.45, 7) is 2.74. The molecule has 0 spiro atoms. The molecule has 2 aromatic rings. The molecule has 0 bridgehead atoms. The van der Waals surface area contributed by atoms with Crippen LogP contribution in [0.1, 0.15) is 24.1 Å². The van der Waals surface area contributed by atoms with Crippen LogP contribution >= 0.6 is 0 Å². The molecule has 6 nitrogen and oxygen atoms in total. The fourth-order valence-electron chi connectivity index (χ4n) is 3.10. The highest BCUT2D eigenvalue weighted by atomic mass is 19.3. The Morgan fingerprint density at radius 2 is 2.29 bits per heavy atom. The number of hydrogen-bond donors (Lipinski definition) is 0. The van der Waals surface area contributed by atoms with Crippen LogP contribution in [0.15, 0.2) is 31.0 Å². The van der Waals surface area contributed by atoms with E-state index in [1.807, 2.05) is 0 Å². The highest BCUT2D eigenvalue weighted by Crippen LogP contribution is 2.32. The van der Waals surface area contributed by atoms with Gasteiger partial charge in [0.05, 0.1) is 0 Å². The minimum atomic E-state index is -3.61. The third-order valence-electron chi connectivity index (χ3n) is 4.29. The van der Waals surface area contributed by atoms with Crippen LogP contribution in [0.2, 0.25) is 0 Å². The number of alkyl halides is 2. The molecule has 1 atom stereocenters. The van der Waals surface area contributed by atoms with Gasteiger partial charge in [-0.15, -0.1) is 0 Å². The highest BCUT2D eigenvalue weighted by Gasteiger charge is 2.47. The third-order valence-corrected chi connectivity index (χ3v) is 4.29. The molecule has 1 aliphatic heterocycles. The summed E-state index contributed by atoms with van der Waals surface area (Å²) >= 11 is 0. The van der Waals surface area contributed by atoms with Gasteiger partial charge in [-0.25, -0.2) is 4.98 Å². The summed E-state index contributed by atoms with van der Waals surface area (Å²) in [5, 5.41) is 4.03. The predicted molar refractivity (Wildman–Crippen MR) is 82.2 cm³/mol. The number of carbonyl (C=O) groups is 1. The van der Waals surface area contributed by atoms with Gasteiger partial charge in [0.25, 0.3) is 5.91 Å². The number of aromatic nitrogens is 4. The Balaban J connectivity index is 1.73. The fourth-order valence-corrected chi connectivity index (χ4v) is 3.10. The number of hydrogen-bond acceptors (Lipinski definition) is 4. The summed E-state index contributed by atoms with van der Waals surface area (Å²) in [4.78, 5) is 21.3. The smallest absolute Gasteiger partial charge is 0.337 e. The molecule has 0 saturated carbocycles. The molecule has 2 aromatic heterocycles. The van der Waals surface area contributed by atoms with Gasteiger partial charge in [0.2, 0.25) is 0 Å². The summed E-state index contributed by atoms with van der Waals surface area (Å²) in [6, 6.07) is 3.11. The van der Waals surface area contributed by atoms with Gasteiger partial charge in [-0.2, -0.15) is 13.9 Å². The van der Waals surface area contributed by atoms with Crippen molar-refractivity contribution < 1.29 is 13.6 Å². The van der Waals surface area contributed by atoms with Crippen LogP contribution in [0.25, 0.3) is 0 Å². The maximum absolute atomic E-state index is 14.6. The van der Waals surface area contributed by atoms with Crippen LogP contribution in [-0.4, -0.2) is 43.6 Å². The first kappa shape index (κ1) is 16.5. The molecule has 3 heterocycles. The van der Waals surface area contributed by atoms with Crippen LogP contribution in [-0.2, 0) is 17.3 Å². The Labute approximate surface area is 138 Å². The molecule has 1 unspecified atom stereocenters. The summed E-state index contributed by atoms with van der Waals surface area (Å²) in [5.74, 6) is -4.70. The molecule has 0 N–H and O–H groups in total. The lowest BCUT2D eigenvalue weighted by atomic mass is 9.97. The molecule has 1 fully saturated rings. The van der Waals surface area contributed by atoms with E-state index in [4.69, 9.17) is 0 Å². The van der Waals surface area contributed by atoms with Gasteiger partial charge in [0.15, 0.2) is 0 Å². The summed E-state index contributed by atoms with van der Waals surface area (Å²) < 4.78 is 30.9. The molecular formula is C16H19F2N5O. The molecule has 3 rings (SSSR count). The number of pyridine rings is 1. The van der Waals surface area contributed by atoms with E-state index in [0.717, 1.165) is 6.42 Å². The van der Waals surface area contributed by atoms with E-state index >= 15 is 0 Å². The van der Waals surface area contributed by atoms with Crippen molar-refractivity contribution in [1.82, 2.24) is 24.6 Å². The van der Waals surface area contributed by atoms with Gasteiger partial charge in [-0.05, 0) is 37.3 Å². The Bertz CT molecular complexity index is 704. The lowest BCUT2D eigenvalue weighted by molar-refractivity contribution is -0.161. The average molecular weight is 335 g/mol. The van der Waals surface area contributed by atoms with Crippen LogP contribution in [0.5, 0.6) is 0 Å². The number of aryl methyl sites for hydroxylation is 1. The van der Waals surface area contributed by atoms with E-state index in [9.17, 15) is 13.6 Å². The van der Waals surface area contributed by atoms with E-state index in [2.05, 4.69) is 15.1 Å². The van der Waals surface area contributed by atoms with E-state index in [1.54, 1.807) is 17.1 Å². The largest absolute Gasteiger partial charge is 0.366 e. The van der Waals surface area contributed by atoms with E-state index in [0.29, 0.717) is 31.6 Å². The molecule has 8 heteroatoms. The number of carbonyl (C=O) groups excluding carboxylic acids is 1. The van der Waals surface area contributed by atoms with E-state index in [1.165, 1.54) is 30.4 Å². The van der Waals surface area contributed by atoms with Gasteiger partial charge in [0, 0.05) is 25.8 Å². The topological polar surface area (TPSA) is 63.9 Å². The fraction of sp³-hybridized carbons (Fsp3) is 0.500. The second kappa shape index (κ2) is 6.62. The Hall–Kier alpha value is -2.38. The summed E-state index contributed by atoms with van der Waals surface area (Å²) in [5.41, 5.74) is -0.152. The van der Waals surface area contributed by atoms with Gasteiger partial charge in [0.1, 0.15) is 18.3 Å². The minimum absolute atomic E-state index is 0.0880. The van der Waals surface area contributed by atoms with Crippen molar-refractivity contribution in [3.63, 3.8) is 0 Å². The van der Waals surface area contributed by atoms with Crippen molar-refractivity contribution in [3.8, 4) is 0 Å². The predicted octanol–water partition coefficient (Wildman–Crippen LogP) is 2.01. The monoisotopic (exact) mass is 335 g/mol. The maximum atomic E-state index is 14.6. The molecule has 1 saturated heterocycles. The Kier molecular flexibility index (Phi) is 4.55. The van der Waals surface area contributed by atoms with Gasteiger partial charge < -0.3 is 4.90 Å². The molecule has 0 aromatic carbocycles. The van der Waals surface area contributed by atoms with Crippen molar-refractivity contribution in [2.45, 2.75) is 32.2 Å². The standard InChI is InChI=1S/C16H19F2N5O/c1-12-4-2-6-20-14(12)16(17,18)15(24)22-7-3-5-13(8-22)9-23-11-19-10-21-23/h2,4,6,10-11,13H,3,5,7-9H2,1H3. The Morgan fingerprint density at radius 1 is 1.46 bits per heavy atom. The second-order valence-electron chi connectivity index (χ2n) is 6.12. The zero-order valence-corrected chi connectivity index (χ0v) is 13.4. The minimum Gasteiger partial charge on any atom is -0.337 e. The second-order valence-corrected chi connectivity index (χ2v) is 6.12. The highest BCUT2D eigenvalue weighted by molar-refractivity contribution is 5.84. The molecule has 0 radical (unpaired) electrons. The number of likely N-dealkylation sites (tertiary alicyclic amines) is 1. The number of halogens is 2. The molecule has 1 amide bonds. The lowest BCUT2D eigenvalue weighted by Gasteiger charge is -2.34. The molecule has 1 aliphatic rings. The van der Waals surface area contributed by atoms with E-state index in [-0.39, 0.29) is 5.92 Å². The zero-order valence-electron chi connectivity index (χ0n) is 13.4. The number of amides is 1. The average Bonchev–Trinajstić information content (AvgIpc) is 3.07. The van der Waals surface area contributed by atoms with Crippen molar-refractivity contribution in [3.05, 3.63) is 42.2 Å². The summed E-state index contributed by atoms with van der Waals surface area (Å²) in [6.07, 6.45) is 5.88. The van der Waals surface area contributed by atoms with Crippen molar-refractivity contribution in [1.29, 1.82) is 0 Å². The maximum Gasteiger partial charge on any atom is 0.366 e. The zero-order chi connectivity index (χ0) is 17.2.